The number of amides is 1. The molecule has 2 atom stereocenters. The first-order chi connectivity index (χ1) is 12.3. The van der Waals surface area contributed by atoms with Gasteiger partial charge in [-0.05, 0) is 44.7 Å². The molecular formula is C21H32N2O2. The average molecular weight is 344 g/mol. The summed E-state index contributed by atoms with van der Waals surface area (Å²) in [4.78, 5) is 17.5. The summed E-state index contributed by atoms with van der Waals surface area (Å²) in [7, 11) is 0. The highest BCUT2D eigenvalue weighted by atomic mass is 16.5. The zero-order valence-electron chi connectivity index (χ0n) is 15.5. The molecule has 0 saturated carbocycles. The van der Waals surface area contributed by atoms with Gasteiger partial charge in [0.15, 0.2) is 0 Å². The number of nitrogens with zero attached hydrogens (tertiary/aromatic N) is 2. The van der Waals surface area contributed by atoms with E-state index < -0.39 is 0 Å². The molecule has 0 aliphatic carbocycles. The van der Waals surface area contributed by atoms with Crippen molar-refractivity contribution in [1.82, 2.24) is 9.80 Å². The van der Waals surface area contributed by atoms with Gasteiger partial charge in [-0.25, -0.2) is 0 Å². The van der Waals surface area contributed by atoms with Crippen molar-refractivity contribution >= 4 is 5.91 Å². The molecule has 1 amide bonds. The van der Waals surface area contributed by atoms with Crippen molar-refractivity contribution in [3.63, 3.8) is 0 Å². The zero-order valence-corrected chi connectivity index (χ0v) is 15.5. The van der Waals surface area contributed by atoms with E-state index >= 15 is 0 Å². The SMILES string of the molecule is CCOCC1CCN(C(=O)C2CCCN(CCc3ccccc3)C2)C1. The molecule has 3 rings (SSSR count). The quantitative estimate of drug-likeness (QED) is 0.762. The summed E-state index contributed by atoms with van der Waals surface area (Å²) in [5.74, 6) is 1.10. The van der Waals surface area contributed by atoms with Crippen LogP contribution in [0.3, 0.4) is 0 Å². The summed E-state index contributed by atoms with van der Waals surface area (Å²) < 4.78 is 5.54. The first-order valence-corrected chi connectivity index (χ1v) is 9.89. The topological polar surface area (TPSA) is 32.8 Å². The van der Waals surface area contributed by atoms with Gasteiger partial charge in [-0.2, -0.15) is 0 Å². The number of likely N-dealkylation sites (tertiary alicyclic amines) is 2. The van der Waals surface area contributed by atoms with E-state index in [1.807, 2.05) is 6.92 Å². The highest BCUT2D eigenvalue weighted by molar-refractivity contribution is 5.79. The van der Waals surface area contributed by atoms with E-state index in [4.69, 9.17) is 4.74 Å². The van der Waals surface area contributed by atoms with Crippen LogP contribution in [-0.2, 0) is 16.0 Å². The van der Waals surface area contributed by atoms with E-state index in [1.165, 1.54) is 5.56 Å². The first kappa shape index (κ1) is 18.4. The Balaban J connectivity index is 1.45. The van der Waals surface area contributed by atoms with E-state index in [0.717, 1.165) is 71.6 Å². The Morgan fingerprint density at radius 1 is 1.16 bits per heavy atom. The first-order valence-electron chi connectivity index (χ1n) is 9.89. The van der Waals surface area contributed by atoms with Crippen molar-refractivity contribution in [3.8, 4) is 0 Å². The largest absolute Gasteiger partial charge is 0.381 e. The second-order valence-electron chi connectivity index (χ2n) is 7.47. The molecule has 2 heterocycles. The molecule has 2 fully saturated rings. The van der Waals surface area contributed by atoms with E-state index in [1.54, 1.807) is 0 Å². The van der Waals surface area contributed by atoms with E-state index in [0.29, 0.717) is 11.8 Å². The summed E-state index contributed by atoms with van der Waals surface area (Å²) in [6.07, 6.45) is 4.35. The van der Waals surface area contributed by atoms with E-state index in [9.17, 15) is 4.79 Å². The van der Waals surface area contributed by atoms with Gasteiger partial charge in [-0.15, -0.1) is 0 Å². The Hall–Kier alpha value is -1.39. The fraction of sp³-hybridized carbons (Fsp3) is 0.667. The van der Waals surface area contributed by atoms with Crippen LogP contribution in [-0.4, -0.2) is 61.6 Å². The third-order valence-electron chi connectivity index (χ3n) is 5.57. The average Bonchev–Trinajstić information content (AvgIpc) is 3.14. The molecule has 0 radical (unpaired) electrons. The normalized spacial score (nSPS) is 24.6. The lowest BCUT2D eigenvalue weighted by Gasteiger charge is -2.34. The molecule has 0 bridgehead atoms. The second kappa shape index (κ2) is 9.35. The van der Waals surface area contributed by atoms with Crippen LogP contribution in [0.5, 0.6) is 0 Å². The van der Waals surface area contributed by atoms with Crippen LogP contribution >= 0.6 is 0 Å². The van der Waals surface area contributed by atoms with Gasteiger partial charge in [0.25, 0.3) is 0 Å². The van der Waals surface area contributed by atoms with Crippen molar-refractivity contribution in [2.24, 2.45) is 11.8 Å². The Morgan fingerprint density at radius 3 is 2.80 bits per heavy atom. The number of carbonyl (C=O) groups is 1. The highest BCUT2D eigenvalue weighted by Crippen LogP contribution is 2.24. The predicted molar refractivity (Wildman–Crippen MR) is 100 cm³/mol. The molecule has 0 spiro atoms. The molecule has 0 N–H and O–H groups in total. The van der Waals surface area contributed by atoms with Crippen LogP contribution in [0.2, 0.25) is 0 Å². The number of hydrogen-bond acceptors (Lipinski definition) is 3. The maximum Gasteiger partial charge on any atom is 0.226 e. The molecule has 1 aromatic carbocycles. The molecule has 2 aliphatic rings. The van der Waals surface area contributed by atoms with E-state index in [-0.39, 0.29) is 5.92 Å². The lowest BCUT2D eigenvalue weighted by molar-refractivity contribution is -0.136. The smallest absolute Gasteiger partial charge is 0.226 e. The molecule has 4 heteroatoms. The fourth-order valence-corrected chi connectivity index (χ4v) is 4.10. The predicted octanol–water partition coefficient (Wildman–Crippen LogP) is 2.83. The third kappa shape index (κ3) is 5.29. The van der Waals surface area contributed by atoms with Gasteiger partial charge < -0.3 is 14.5 Å². The summed E-state index contributed by atoms with van der Waals surface area (Å²) >= 11 is 0. The number of piperidine rings is 1. The van der Waals surface area contributed by atoms with Crippen molar-refractivity contribution in [2.45, 2.75) is 32.6 Å². The van der Waals surface area contributed by atoms with Gasteiger partial charge in [0.2, 0.25) is 5.91 Å². The van der Waals surface area contributed by atoms with E-state index in [2.05, 4.69) is 40.1 Å². The number of benzene rings is 1. The van der Waals surface area contributed by atoms with Crippen LogP contribution in [0.25, 0.3) is 0 Å². The second-order valence-corrected chi connectivity index (χ2v) is 7.47. The van der Waals surface area contributed by atoms with Gasteiger partial charge in [-0.1, -0.05) is 30.3 Å². The Kier molecular flexibility index (Phi) is 6.88. The minimum atomic E-state index is 0.190. The molecule has 138 valence electrons. The van der Waals surface area contributed by atoms with Crippen LogP contribution in [0.4, 0.5) is 0 Å². The van der Waals surface area contributed by atoms with Gasteiger partial charge in [0.05, 0.1) is 12.5 Å². The molecule has 2 aliphatic heterocycles. The third-order valence-corrected chi connectivity index (χ3v) is 5.57. The summed E-state index contributed by atoms with van der Waals surface area (Å²) in [6, 6.07) is 10.6. The monoisotopic (exact) mass is 344 g/mol. The highest BCUT2D eigenvalue weighted by Gasteiger charge is 2.33. The number of carbonyl (C=O) groups excluding carboxylic acids is 1. The van der Waals surface area contributed by atoms with Gasteiger partial charge >= 0.3 is 0 Å². The molecule has 0 aromatic heterocycles. The van der Waals surface area contributed by atoms with Crippen LogP contribution in [0, 0.1) is 11.8 Å². The molecular weight excluding hydrogens is 312 g/mol. The van der Waals surface area contributed by atoms with Crippen molar-refractivity contribution in [3.05, 3.63) is 35.9 Å². The Morgan fingerprint density at radius 2 is 2.00 bits per heavy atom. The molecule has 4 nitrogen and oxygen atoms in total. The fourth-order valence-electron chi connectivity index (χ4n) is 4.10. The number of hydrogen-bond donors (Lipinski definition) is 0. The minimum absolute atomic E-state index is 0.190. The summed E-state index contributed by atoms with van der Waals surface area (Å²) in [5.41, 5.74) is 1.38. The number of ether oxygens (including phenoxy) is 1. The maximum absolute atomic E-state index is 12.9. The van der Waals surface area contributed by atoms with Crippen molar-refractivity contribution < 1.29 is 9.53 Å². The van der Waals surface area contributed by atoms with Crippen LogP contribution in [0.1, 0.15) is 31.7 Å². The minimum Gasteiger partial charge on any atom is -0.381 e. The standard InChI is InChI=1S/C21H32N2O2/c1-2-25-17-19-11-14-23(15-19)21(24)20-9-6-12-22(16-20)13-10-18-7-4-3-5-8-18/h3-5,7-8,19-20H,2,6,9-17H2,1H3. The van der Waals surface area contributed by atoms with Gasteiger partial charge in [0.1, 0.15) is 0 Å². The Bertz CT molecular complexity index is 534. The lowest BCUT2D eigenvalue weighted by atomic mass is 9.96. The molecule has 2 saturated heterocycles. The lowest BCUT2D eigenvalue weighted by Crippen LogP contribution is -2.44. The summed E-state index contributed by atoms with van der Waals surface area (Å²) in [6.45, 7) is 8.51. The van der Waals surface area contributed by atoms with Gasteiger partial charge in [-0.3, -0.25) is 4.79 Å². The molecule has 2 unspecified atom stereocenters. The maximum atomic E-state index is 12.9. The van der Waals surface area contributed by atoms with Crippen molar-refractivity contribution in [1.29, 1.82) is 0 Å². The Labute approximate surface area is 152 Å². The van der Waals surface area contributed by atoms with Crippen LogP contribution < -0.4 is 0 Å². The molecule has 1 aromatic rings. The number of rotatable bonds is 7. The van der Waals surface area contributed by atoms with Crippen LogP contribution in [0.15, 0.2) is 30.3 Å². The molecule has 25 heavy (non-hydrogen) atoms. The van der Waals surface area contributed by atoms with Crippen molar-refractivity contribution in [2.75, 3.05) is 45.9 Å². The zero-order chi connectivity index (χ0) is 17.5. The summed E-state index contributed by atoms with van der Waals surface area (Å²) in [5, 5.41) is 0. The van der Waals surface area contributed by atoms with Gasteiger partial charge in [0, 0.05) is 38.7 Å².